The molecule has 4 aliphatic rings. The van der Waals surface area contributed by atoms with E-state index in [-0.39, 0.29) is 36.5 Å². The van der Waals surface area contributed by atoms with Crippen molar-refractivity contribution >= 4 is 0 Å². The molecule has 10 unspecified atom stereocenters. The molecular formula is C21H38O7. The van der Waals surface area contributed by atoms with E-state index in [9.17, 15) is 5.11 Å². The minimum Gasteiger partial charge on any atom is -0.390 e. The molecule has 4 heterocycles. The Morgan fingerprint density at radius 2 is 1.18 bits per heavy atom. The molecule has 164 valence electrons. The largest absolute Gasteiger partial charge is 0.390 e. The Balaban J connectivity index is 0.000000161. The topological polar surface area (TPSA) is 75.6 Å². The van der Waals surface area contributed by atoms with Gasteiger partial charge in [-0.1, -0.05) is 6.92 Å². The highest BCUT2D eigenvalue weighted by Crippen LogP contribution is 2.40. The van der Waals surface area contributed by atoms with Gasteiger partial charge in [-0.05, 0) is 53.9 Å². The van der Waals surface area contributed by atoms with Crippen molar-refractivity contribution < 1.29 is 33.5 Å². The molecule has 0 aromatic heterocycles. The lowest BCUT2D eigenvalue weighted by Crippen LogP contribution is -2.63. The zero-order valence-electron chi connectivity index (χ0n) is 18.3. The van der Waals surface area contributed by atoms with Crippen LogP contribution in [-0.4, -0.2) is 72.6 Å². The van der Waals surface area contributed by atoms with Crippen LogP contribution >= 0.6 is 0 Å². The predicted octanol–water partition coefficient (Wildman–Crippen LogP) is 2.63. The van der Waals surface area contributed by atoms with Crippen LogP contribution in [0.4, 0.5) is 0 Å². The number of fused-ring (bicyclic) bond motifs is 2. The van der Waals surface area contributed by atoms with Crippen LogP contribution in [0.2, 0.25) is 0 Å². The van der Waals surface area contributed by atoms with Crippen molar-refractivity contribution in [3.63, 3.8) is 0 Å². The van der Waals surface area contributed by atoms with E-state index in [0.717, 1.165) is 6.42 Å². The number of ether oxygens (including phenoxy) is 6. The third kappa shape index (κ3) is 4.41. The molecule has 4 fully saturated rings. The Kier molecular flexibility index (Phi) is 6.77. The molecule has 0 radical (unpaired) electrons. The van der Waals surface area contributed by atoms with Gasteiger partial charge in [-0.2, -0.15) is 0 Å². The maximum absolute atomic E-state index is 9.99. The molecule has 0 aromatic rings. The quantitative estimate of drug-likeness (QED) is 0.667. The van der Waals surface area contributed by atoms with Crippen LogP contribution in [0.3, 0.4) is 0 Å². The number of hydrogen-bond donors (Lipinski definition) is 1. The van der Waals surface area contributed by atoms with E-state index in [1.165, 1.54) is 0 Å². The normalized spacial score (nSPS) is 54.0. The van der Waals surface area contributed by atoms with Crippen molar-refractivity contribution in [3.8, 4) is 0 Å². The van der Waals surface area contributed by atoms with Gasteiger partial charge in [0.1, 0.15) is 17.8 Å². The fourth-order valence-electron chi connectivity index (χ4n) is 4.74. The lowest BCUT2D eigenvalue weighted by atomic mass is 9.79. The highest BCUT2D eigenvalue weighted by atomic mass is 16.7. The molecule has 0 aliphatic carbocycles. The number of rotatable bonds is 0. The fraction of sp³-hybridized carbons (Fsp3) is 1.00. The van der Waals surface area contributed by atoms with Gasteiger partial charge in [0.2, 0.25) is 0 Å². The van der Waals surface area contributed by atoms with Gasteiger partial charge in [-0.3, -0.25) is 0 Å². The minimum absolute atomic E-state index is 0.0729. The van der Waals surface area contributed by atoms with Crippen LogP contribution in [0.25, 0.3) is 0 Å². The number of aliphatic hydroxyl groups excluding tert-OH is 1. The Labute approximate surface area is 168 Å². The van der Waals surface area contributed by atoms with Gasteiger partial charge >= 0.3 is 0 Å². The summed E-state index contributed by atoms with van der Waals surface area (Å²) in [4.78, 5) is 0. The average molecular weight is 403 g/mol. The highest BCUT2D eigenvalue weighted by Gasteiger charge is 2.51. The maximum Gasteiger partial charge on any atom is 0.155 e. The van der Waals surface area contributed by atoms with Gasteiger partial charge in [0, 0.05) is 6.42 Å². The van der Waals surface area contributed by atoms with Gasteiger partial charge in [0.05, 0.1) is 37.1 Å². The lowest BCUT2D eigenvalue weighted by Gasteiger charge is -2.51. The molecule has 0 bridgehead atoms. The summed E-state index contributed by atoms with van der Waals surface area (Å²) < 4.78 is 33.9. The van der Waals surface area contributed by atoms with E-state index < -0.39 is 11.7 Å². The van der Waals surface area contributed by atoms with E-state index in [2.05, 4.69) is 20.8 Å². The van der Waals surface area contributed by atoms with Gasteiger partial charge in [-0.25, -0.2) is 0 Å². The smallest absolute Gasteiger partial charge is 0.155 e. The molecule has 1 N–H and O–H groups in total. The first-order valence-electron chi connectivity index (χ1n) is 10.6. The summed E-state index contributed by atoms with van der Waals surface area (Å²) in [5.74, 6) is 0.530. The third-order valence-electron chi connectivity index (χ3n) is 6.76. The summed E-state index contributed by atoms with van der Waals surface area (Å²) in [5, 5.41) is 9.99. The molecular weight excluding hydrogens is 364 g/mol. The van der Waals surface area contributed by atoms with Crippen LogP contribution in [-0.2, 0) is 28.4 Å². The zero-order chi connectivity index (χ0) is 20.7. The maximum atomic E-state index is 9.99. The second kappa shape index (κ2) is 8.46. The Morgan fingerprint density at radius 1 is 0.714 bits per heavy atom. The Bertz CT molecular complexity index is 485. The molecule has 7 heteroatoms. The SMILES string of the molecule is CC1CC(C)C2(C)OC(C)OCC2O1.CC1CC(O)C2(C)OC(C)OCC2O1. The second-order valence-electron chi connectivity index (χ2n) is 9.16. The number of hydrogen-bond acceptors (Lipinski definition) is 7. The standard InChI is InChI=1S/C11H20O3.C10H18O4/c1-7-5-8(2)13-10-6-12-9(3)14-11(7,10)4;1-6-4-8(11)10(3)9(13-6)5-12-7(2)14-10/h7-10H,5-6H2,1-4H3;6-9,11H,4-5H2,1-3H3. The van der Waals surface area contributed by atoms with E-state index in [1.54, 1.807) is 0 Å². The monoisotopic (exact) mass is 402 g/mol. The molecule has 0 spiro atoms. The van der Waals surface area contributed by atoms with Crippen LogP contribution in [0.5, 0.6) is 0 Å². The van der Waals surface area contributed by atoms with E-state index >= 15 is 0 Å². The molecule has 4 aliphatic heterocycles. The van der Waals surface area contributed by atoms with E-state index in [4.69, 9.17) is 28.4 Å². The summed E-state index contributed by atoms with van der Waals surface area (Å²) in [7, 11) is 0. The Morgan fingerprint density at radius 3 is 1.75 bits per heavy atom. The van der Waals surface area contributed by atoms with Crippen LogP contribution in [0.15, 0.2) is 0 Å². The summed E-state index contributed by atoms with van der Waals surface area (Å²) in [6.07, 6.45) is 1.20. The average Bonchev–Trinajstić information content (AvgIpc) is 2.58. The first-order valence-corrected chi connectivity index (χ1v) is 10.6. The molecule has 0 saturated carbocycles. The lowest BCUT2D eigenvalue weighted by molar-refractivity contribution is -0.341. The van der Waals surface area contributed by atoms with Crippen molar-refractivity contribution in [2.24, 2.45) is 5.92 Å². The van der Waals surface area contributed by atoms with Gasteiger partial charge in [0.25, 0.3) is 0 Å². The molecule has 0 amide bonds. The summed E-state index contributed by atoms with van der Waals surface area (Å²) in [5.41, 5.74) is -0.769. The zero-order valence-corrected chi connectivity index (χ0v) is 18.3. The van der Waals surface area contributed by atoms with Crippen molar-refractivity contribution in [1.82, 2.24) is 0 Å². The van der Waals surface area contributed by atoms with Gasteiger partial charge in [0.15, 0.2) is 12.6 Å². The van der Waals surface area contributed by atoms with Crippen LogP contribution < -0.4 is 0 Å². The summed E-state index contributed by atoms with van der Waals surface area (Å²) in [6, 6.07) is 0. The van der Waals surface area contributed by atoms with Gasteiger partial charge in [-0.15, -0.1) is 0 Å². The summed E-state index contributed by atoms with van der Waals surface area (Å²) in [6.45, 7) is 15.3. The highest BCUT2D eigenvalue weighted by molar-refractivity contribution is 4.98. The van der Waals surface area contributed by atoms with E-state index in [1.807, 2.05) is 27.7 Å². The van der Waals surface area contributed by atoms with Crippen LogP contribution in [0, 0.1) is 5.92 Å². The van der Waals surface area contributed by atoms with Crippen molar-refractivity contribution in [1.29, 1.82) is 0 Å². The summed E-state index contributed by atoms with van der Waals surface area (Å²) >= 11 is 0. The van der Waals surface area contributed by atoms with Crippen LogP contribution in [0.1, 0.15) is 61.3 Å². The molecule has 4 rings (SSSR count). The first kappa shape index (κ1) is 22.4. The predicted molar refractivity (Wildman–Crippen MR) is 103 cm³/mol. The number of aliphatic hydroxyl groups is 1. The molecule has 7 nitrogen and oxygen atoms in total. The molecule has 4 saturated heterocycles. The van der Waals surface area contributed by atoms with E-state index in [0.29, 0.717) is 31.7 Å². The van der Waals surface area contributed by atoms with Gasteiger partial charge < -0.3 is 33.5 Å². The minimum atomic E-state index is -0.607. The Hall–Kier alpha value is -0.280. The molecule has 28 heavy (non-hydrogen) atoms. The third-order valence-corrected chi connectivity index (χ3v) is 6.76. The fourth-order valence-corrected chi connectivity index (χ4v) is 4.74. The molecule has 0 aromatic carbocycles. The van der Waals surface area contributed by atoms with Crippen molar-refractivity contribution in [2.45, 2.75) is 116 Å². The van der Waals surface area contributed by atoms with Crippen molar-refractivity contribution in [3.05, 3.63) is 0 Å². The molecule has 10 atom stereocenters. The van der Waals surface area contributed by atoms with Crippen molar-refractivity contribution in [2.75, 3.05) is 13.2 Å². The second-order valence-corrected chi connectivity index (χ2v) is 9.16. The first-order chi connectivity index (χ1) is 13.0.